The van der Waals surface area contributed by atoms with E-state index in [4.69, 9.17) is 5.14 Å². The summed E-state index contributed by atoms with van der Waals surface area (Å²) in [5.74, 6) is -0.174. The number of para-hydroxylation sites is 1. The average Bonchev–Trinajstić information content (AvgIpc) is 3.27. The van der Waals surface area contributed by atoms with Crippen LogP contribution in [0.1, 0.15) is 15.9 Å². The van der Waals surface area contributed by atoms with Gasteiger partial charge >= 0.3 is 0 Å². The van der Waals surface area contributed by atoms with Crippen molar-refractivity contribution in [3.8, 4) is 10.6 Å². The Labute approximate surface area is 178 Å². The average molecular weight is 438 g/mol. The molecule has 0 unspecified atom stereocenters. The fourth-order valence-electron chi connectivity index (χ4n) is 3.18. The molecule has 0 aliphatic heterocycles. The second-order valence-electron chi connectivity index (χ2n) is 6.74. The normalized spacial score (nSPS) is 11.5. The van der Waals surface area contributed by atoms with Crippen molar-refractivity contribution >= 4 is 38.2 Å². The number of primary sulfonamides is 1. The molecule has 0 fully saturated rings. The van der Waals surface area contributed by atoms with Gasteiger partial charge in [-0.1, -0.05) is 36.4 Å². The Bertz CT molecular complexity index is 1300. The quantitative estimate of drug-likeness (QED) is 0.481. The molecule has 0 atom stereocenters. The van der Waals surface area contributed by atoms with E-state index >= 15 is 0 Å². The Balaban J connectivity index is 1.52. The highest BCUT2D eigenvalue weighted by atomic mass is 32.2. The highest BCUT2D eigenvalue weighted by Gasteiger charge is 2.14. The van der Waals surface area contributed by atoms with Crippen LogP contribution in [0.5, 0.6) is 0 Å². The van der Waals surface area contributed by atoms with Gasteiger partial charge in [0.15, 0.2) is 0 Å². The van der Waals surface area contributed by atoms with Gasteiger partial charge in [-0.3, -0.25) is 4.79 Å². The number of sulfonamides is 1. The van der Waals surface area contributed by atoms with Gasteiger partial charge in [0.25, 0.3) is 5.91 Å². The number of benzene rings is 2. The van der Waals surface area contributed by atoms with Crippen LogP contribution in [0.4, 0.5) is 0 Å². The second-order valence-corrected chi connectivity index (χ2v) is 9.25. The summed E-state index contributed by atoms with van der Waals surface area (Å²) in [4.78, 5) is 18.7. The smallest absolute Gasteiger partial charge is 0.252 e. The molecule has 0 aliphatic rings. The summed E-state index contributed by atoms with van der Waals surface area (Å²) >= 11 is 1.58. The van der Waals surface area contributed by atoms with Gasteiger partial charge in [0, 0.05) is 11.9 Å². The molecule has 0 radical (unpaired) electrons. The summed E-state index contributed by atoms with van der Waals surface area (Å²) in [7, 11) is -3.71. The Morgan fingerprint density at radius 2 is 1.80 bits per heavy atom. The summed E-state index contributed by atoms with van der Waals surface area (Å²) in [6.45, 7) is 0.415. The maximum Gasteiger partial charge on any atom is 0.252 e. The number of rotatable bonds is 6. The number of amides is 1. The summed E-state index contributed by atoms with van der Waals surface area (Å²) in [6.07, 6.45) is 0.567. The molecule has 0 spiro atoms. The second kappa shape index (κ2) is 8.35. The predicted molar refractivity (Wildman–Crippen MR) is 119 cm³/mol. The lowest BCUT2D eigenvalue weighted by Crippen LogP contribution is -2.26. The third kappa shape index (κ3) is 4.40. The standard InChI is InChI=1S/C22H19N3O3S2/c23-30(27,28)16-9-7-15(8-10-16)11-12-24-22(26)18-14-20(21-6-3-13-29-21)25-19-5-2-1-4-17(18)19/h1-10,13-14H,11-12H2,(H,24,26)(H2,23,27,28). The largest absolute Gasteiger partial charge is 0.352 e. The molecule has 6 nitrogen and oxygen atoms in total. The number of pyridine rings is 1. The molecular formula is C22H19N3O3S2. The Hall–Kier alpha value is -3.07. The van der Waals surface area contributed by atoms with Crippen molar-refractivity contribution < 1.29 is 13.2 Å². The minimum Gasteiger partial charge on any atom is -0.352 e. The van der Waals surface area contributed by atoms with E-state index in [0.29, 0.717) is 18.5 Å². The maximum atomic E-state index is 12.9. The van der Waals surface area contributed by atoms with Gasteiger partial charge in [-0.05, 0) is 47.7 Å². The monoisotopic (exact) mass is 437 g/mol. The summed E-state index contributed by atoms with van der Waals surface area (Å²) in [5, 5.41) is 10.8. The van der Waals surface area contributed by atoms with Gasteiger partial charge in [0.1, 0.15) is 0 Å². The zero-order valence-corrected chi connectivity index (χ0v) is 17.5. The molecular weight excluding hydrogens is 418 g/mol. The first kappa shape index (κ1) is 20.2. The number of nitrogens with two attached hydrogens (primary N) is 1. The van der Waals surface area contributed by atoms with Gasteiger partial charge in [-0.2, -0.15) is 0 Å². The van der Waals surface area contributed by atoms with E-state index in [-0.39, 0.29) is 10.8 Å². The number of hydrogen-bond acceptors (Lipinski definition) is 5. The van der Waals surface area contributed by atoms with Crippen LogP contribution in [0.25, 0.3) is 21.5 Å². The number of aromatic nitrogens is 1. The first-order valence-electron chi connectivity index (χ1n) is 9.25. The van der Waals surface area contributed by atoms with Crippen LogP contribution in [0.15, 0.2) is 77.0 Å². The Morgan fingerprint density at radius 3 is 2.50 bits per heavy atom. The summed E-state index contributed by atoms with van der Waals surface area (Å²) in [5.41, 5.74) is 3.02. The Morgan fingerprint density at radius 1 is 1.03 bits per heavy atom. The van der Waals surface area contributed by atoms with Crippen LogP contribution < -0.4 is 10.5 Å². The predicted octanol–water partition coefficient (Wildman–Crippen LogP) is 3.58. The number of nitrogens with zero attached hydrogens (tertiary/aromatic N) is 1. The molecule has 0 saturated heterocycles. The molecule has 30 heavy (non-hydrogen) atoms. The van der Waals surface area contributed by atoms with E-state index in [0.717, 1.165) is 27.0 Å². The summed E-state index contributed by atoms with van der Waals surface area (Å²) < 4.78 is 22.7. The van der Waals surface area contributed by atoms with E-state index in [2.05, 4.69) is 10.3 Å². The molecule has 8 heteroatoms. The molecule has 152 valence electrons. The Kier molecular flexibility index (Phi) is 5.63. The molecule has 0 saturated carbocycles. The first-order chi connectivity index (χ1) is 14.4. The third-order valence-electron chi connectivity index (χ3n) is 4.69. The molecule has 1 amide bonds. The van der Waals surface area contributed by atoms with Gasteiger partial charge in [-0.15, -0.1) is 11.3 Å². The molecule has 2 aromatic carbocycles. The van der Waals surface area contributed by atoms with Crippen LogP contribution in [0, 0.1) is 0 Å². The van der Waals surface area contributed by atoms with Gasteiger partial charge in [-0.25, -0.2) is 18.5 Å². The molecule has 2 aromatic heterocycles. The van der Waals surface area contributed by atoms with Crippen molar-refractivity contribution in [2.45, 2.75) is 11.3 Å². The van der Waals surface area contributed by atoms with Gasteiger partial charge < -0.3 is 5.32 Å². The molecule has 4 aromatic rings. The van der Waals surface area contributed by atoms with Gasteiger partial charge in [0.2, 0.25) is 10.0 Å². The lowest BCUT2D eigenvalue weighted by molar-refractivity contribution is 0.0955. The van der Waals surface area contributed by atoms with Crippen molar-refractivity contribution in [2.75, 3.05) is 6.54 Å². The highest BCUT2D eigenvalue weighted by Crippen LogP contribution is 2.27. The fourth-order valence-corrected chi connectivity index (χ4v) is 4.38. The zero-order valence-electron chi connectivity index (χ0n) is 15.9. The minimum absolute atomic E-state index is 0.0691. The fraction of sp³-hybridized carbons (Fsp3) is 0.0909. The molecule has 0 bridgehead atoms. The van der Waals surface area contributed by atoms with Crippen molar-refractivity contribution in [1.82, 2.24) is 10.3 Å². The SMILES string of the molecule is NS(=O)(=O)c1ccc(CCNC(=O)c2cc(-c3cccs3)nc3ccccc23)cc1. The highest BCUT2D eigenvalue weighted by molar-refractivity contribution is 7.89. The van der Waals surface area contributed by atoms with Crippen LogP contribution in [0.2, 0.25) is 0 Å². The lowest BCUT2D eigenvalue weighted by atomic mass is 10.1. The summed E-state index contributed by atoms with van der Waals surface area (Å²) in [6, 6.07) is 19.7. The topological polar surface area (TPSA) is 102 Å². The number of fused-ring (bicyclic) bond motifs is 1. The van der Waals surface area contributed by atoms with E-state index in [1.165, 1.54) is 12.1 Å². The number of hydrogen-bond donors (Lipinski definition) is 2. The third-order valence-corrected chi connectivity index (χ3v) is 6.51. The van der Waals surface area contributed by atoms with Crippen LogP contribution in [0.3, 0.4) is 0 Å². The minimum atomic E-state index is -3.71. The van der Waals surface area contributed by atoms with E-state index in [1.807, 2.05) is 47.8 Å². The number of thiophene rings is 1. The lowest BCUT2D eigenvalue weighted by Gasteiger charge is -2.10. The number of carbonyl (C=O) groups is 1. The molecule has 4 rings (SSSR count). The number of nitrogens with one attached hydrogen (secondary N) is 1. The maximum absolute atomic E-state index is 12.9. The van der Waals surface area contributed by atoms with Crippen molar-refractivity contribution in [2.24, 2.45) is 5.14 Å². The first-order valence-corrected chi connectivity index (χ1v) is 11.7. The van der Waals surface area contributed by atoms with E-state index < -0.39 is 10.0 Å². The number of carbonyl (C=O) groups excluding carboxylic acids is 1. The van der Waals surface area contributed by atoms with Gasteiger partial charge in [0.05, 0.1) is 26.5 Å². The van der Waals surface area contributed by atoms with E-state index in [9.17, 15) is 13.2 Å². The molecule has 0 aliphatic carbocycles. The van der Waals surface area contributed by atoms with Crippen LogP contribution >= 0.6 is 11.3 Å². The molecule has 2 heterocycles. The molecule has 3 N–H and O–H groups in total. The van der Waals surface area contributed by atoms with Crippen molar-refractivity contribution in [3.63, 3.8) is 0 Å². The van der Waals surface area contributed by atoms with Crippen molar-refractivity contribution in [3.05, 3.63) is 83.2 Å². The van der Waals surface area contributed by atoms with Crippen LogP contribution in [-0.4, -0.2) is 25.9 Å². The van der Waals surface area contributed by atoms with Crippen molar-refractivity contribution in [1.29, 1.82) is 0 Å². The zero-order chi connectivity index (χ0) is 21.1. The van der Waals surface area contributed by atoms with Crippen LogP contribution in [-0.2, 0) is 16.4 Å². The van der Waals surface area contributed by atoms with E-state index in [1.54, 1.807) is 23.5 Å².